The average molecular weight is 304 g/mol. The summed E-state index contributed by atoms with van der Waals surface area (Å²) in [5.41, 5.74) is 0.669. The first kappa shape index (κ1) is 12.0. The van der Waals surface area contributed by atoms with Gasteiger partial charge in [-0.15, -0.1) is 0 Å². The van der Waals surface area contributed by atoms with E-state index in [1.165, 1.54) is 17.5 Å². The summed E-state index contributed by atoms with van der Waals surface area (Å²) in [5.74, 6) is 0. The Morgan fingerprint density at radius 1 is 1.69 bits per heavy atom. The van der Waals surface area contributed by atoms with Gasteiger partial charge in [-0.1, -0.05) is 0 Å². The minimum atomic E-state index is -0.112. The smallest absolute Gasteiger partial charge is 0.282 e. The van der Waals surface area contributed by atoms with E-state index in [4.69, 9.17) is 0 Å². The number of anilines is 1. The molecule has 88 valence electrons. The number of nitrogens with zero attached hydrogens (tertiary/aromatic N) is 2. The molecular formula is C10H14BrN3OS. The van der Waals surface area contributed by atoms with Gasteiger partial charge in [0.05, 0.1) is 11.9 Å². The van der Waals surface area contributed by atoms with E-state index >= 15 is 0 Å². The van der Waals surface area contributed by atoms with E-state index in [1.807, 2.05) is 11.8 Å². The van der Waals surface area contributed by atoms with Crippen molar-refractivity contribution < 1.29 is 0 Å². The molecule has 4 nitrogen and oxygen atoms in total. The Hall–Kier alpha value is -0.490. The number of aromatic nitrogens is 2. The molecule has 0 aliphatic heterocycles. The van der Waals surface area contributed by atoms with Crippen molar-refractivity contribution in [3.63, 3.8) is 0 Å². The molecule has 0 atom stereocenters. The minimum absolute atomic E-state index is 0.112. The average Bonchev–Trinajstić information content (AvgIpc) is 3.06. The van der Waals surface area contributed by atoms with Crippen LogP contribution in [0.3, 0.4) is 0 Å². The van der Waals surface area contributed by atoms with Gasteiger partial charge >= 0.3 is 0 Å². The molecule has 1 N–H and O–H groups in total. The molecule has 0 saturated heterocycles. The molecule has 1 aromatic heterocycles. The van der Waals surface area contributed by atoms with Crippen molar-refractivity contribution in [1.29, 1.82) is 0 Å². The zero-order chi connectivity index (χ0) is 11.8. The molecule has 1 heterocycles. The van der Waals surface area contributed by atoms with E-state index in [0.29, 0.717) is 9.22 Å². The van der Waals surface area contributed by atoms with Gasteiger partial charge in [0.2, 0.25) is 0 Å². The summed E-state index contributed by atoms with van der Waals surface area (Å²) in [4.78, 5) is 11.6. The Morgan fingerprint density at radius 2 is 2.38 bits per heavy atom. The number of rotatable bonds is 4. The quantitative estimate of drug-likeness (QED) is 0.922. The second-order valence-corrected chi connectivity index (χ2v) is 6.11. The van der Waals surface area contributed by atoms with Gasteiger partial charge in [-0.25, -0.2) is 4.68 Å². The molecule has 0 amide bonds. The fourth-order valence-electron chi connectivity index (χ4n) is 1.48. The highest BCUT2D eigenvalue weighted by atomic mass is 79.9. The van der Waals surface area contributed by atoms with Gasteiger partial charge in [-0.3, -0.25) is 4.79 Å². The van der Waals surface area contributed by atoms with Crippen molar-refractivity contribution in [2.75, 3.05) is 18.1 Å². The lowest BCUT2D eigenvalue weighted by molar-refractivity contribution is 0.703. The zero-order valence-corrected chi connectivity index (χ0v) is 11.7. The van der Waals surface area contributed by atoms with Crippen LogP contribution in [0.4, 0.5) is 5.69 Å². The summed E-state index contributed by atoms with van der Waals surface area (Å²) < 4.78 is 2.25. The summed E-state index contributed by atoms with van der Waals surface area (Å²) in [7, 11) is 1.64. The van der Waals surface area contributed by atoms with Crippen LogP contribution in [0.1, 0.15) is 12.8 Å². The number of nitrogens with one attached hydrogen (secondary N) is 1. The summed E-state index contributed by atoms with van der Waals surface area (Å²) in [5, 5.41) is 7.28. The van der Waals surface area contributed by atoms with Crippen LogP contribution in [-0.4, -0.2) is 27.3 Å². The highest BCUT2D eigenvalue weighted by Gasteiger charge is 2.41. The fourth-order valence-corrected chi connectivity index (χ4v) is 2.71. The van der Waals surface area contributed by atoms with Crippen molar-refractivity contribution in [1.82, 2.24) is 9.78 Å². The van der Waals surface area contributed by atoms with Crippen molar-refractivity contribution >= 4 is 33.4 Å². The molecule has 2 rings (SSSR count). The Balaban J connectivity index is 2.11. The molecule has 0 spiro atoms. The predicted molar refractivity (Wildman–Crippen MR) is 71.1 cm³/mol. The van der Waals surface area contributed by atoms with Crippen molar-refractivity contribution in [2.45, 2.75) is 17.6 Å². The second kappa shape index (κ2) is 4.41. The Morgan fingerprint density at radius 3 is 2.94 bits per heavy atom. The number of halogens is 1. The third-order valence-corrected chi connectivity index (χ3v) is 5.10. The summed E-state index contributed by atoms with van der Waals surface area (Å²) in [6, 6.07) is 0. The normalized spacial score (nSPS) is 17.2. The molecule has 16 heavy (non-hydrogen) atoms. The van der Waals surface area contributed by atoms with Gasteiger partial charge in [0.25, 0.3) is 5.56 Å². The number of thioether (sulfide) groups is 1. The number of aryl methyl sites for hydroxylation is 1. The molecule has 1 fully saturated rings. The van der Waals surface area contributed by atoms with Crippen LogP contribution in [-0.2, 0) is 7.05 Å². The van der Waals surface area contributed by atoms with E-state index in [2.05, 4.69) is 32.6 Å². The lowest BCUT2D eigenvalue weighted by Gasteiger charge is -2.14. The van der Waals surface area contributed by atoms with Gasteiger partial charge in [-0.05, 0) is 35.0 Å². The van der Waals surface area contributed by atoms with Gasteiger partial charge < -0.3 is 5.32 Å². The molecule has 1 aliphatic rings. The molecule has 0 radical (unpaired) electrons. The van der Waals surface area contributed by atoms with Crippen LogP contribution in [0.15, 0.2) is 15.5 Å². The van der Waals surface area contributed by atoms with Gasteiger partial charge in [0.15, 0.2) is 0 Å². The van der Waals surface area contributed by atoms with Gasteiger partial charge in [-0.2, -0.15) is 16.9 Å². The topological polar surface area (TPSA) is 46.9 Å². The SMILES string of the molecule is CSC1(CNc2cnn(C)c(=O)c2Br)CC1. The van der Waals surface area contributed by atoms with E-state index in [-0.39, 0.29) is 5.56 Å². The Labute approximate surface area is 107 Å². The maximum absolute atomic E-state index is 11.6. The minimum Gasteiger partial charge on any atom is -0.381 e. The maximum Gasteiger partial charge on any atom is 0.282 e. The first-order chi connectivity index (χ1) is 7.58. The molecule has 0 unspecified atom stereocenters. The highest BCUT2D eigenvalue weighted by Crippen LogP contribution is 2.47. The molecule has 0 aromatic carbocycles. The highest BCUT2D eigenvalue weighted by molar-refractivity contribution is 9.10. The second-order valence-electron chi connectivity index (χ2n) is 4.04. The zero-order valence-electron chi connectivity index (χ0n) is 9.29. The van der Waals surface area contributed by atoms with Crippen LogP contribution >= 0.6 is 27.7 Å². The van der Waals surface area contributed by atoms with Crippen molar-refractivity contribution in [3.05, 3.63) is 21.0 Å². The molecule has 1 aliphatic carbocycles. The Bertz CT molecular complexity index is 456. The monoisotopic (exact) mass is 303 g/mol. The molecular weight excluding hydrogens is 290 g/mol. The van der Waals surface area contributed by atoms with E-state index in [9.17, 15) is 4.79 Å². The predicted octanol–water partition coefficient (Wildman–Crippen LogP) is 1.85. The summed E-state index contributed by atoms with van der Waals surface area (Å²) in [6.07, 6.45) is 6.31. The number of hydrogen-bond donors (Lipinski definition) is 1. The third-order valence-electron chi connectivity index (χ3n) is 2.92. The Kier molecular flexibility index (Phi) is 3.30. The van der Waals surface area contributed by atoms with Crippen LogP contribution in [0.5, 0.6) is 0 Å². The lowest BCUT2D eigenvalue weighted by Crippen LogP contribution is -2.24. The van der Waals surface area contributed by atoms with Crippen LogP contribution < -0.4 is 10.9 Å². The first-order valence-corrected chi connectivity index (χ1v) is 7.11. The summed E-state index contributed by atoms with van der Waals surface area (Å²) >= 11 is 5.19. The molecule has 1 aromatic rings. The van der Waals surface area contributed by atoms with Gasteiger partial charge in [0.1, 0.15) is 4.47 Å². The standard InChI is InChI=1S/C10H14BrN3OS/c1-14-9(15)8(11)7(5-13-14)12-6-10(16-2)3-4-10/h5,12H,3-4,6H2,1-2H3. The van der Waals surface area contributed by atoms with Crippen molar-refractivity contribution in [2.24, 2.45) is 7.05 Å². The van der Waals surface area contributed by atoms with Crippen LogP contribution in [0, 0.1) is 0 Å². The van der Waals surface area contributed by atoms with Crippen LogP contribution in [0.25, 0.3) is 0 Å². The molecule has 6 heteroatoms. The van der Waals surface area contributed by atoms with Crippen LogP contribution in [0.2, 0.25) is 0 Å². The van der Waals surface area contributed by atoms with E-state index < -0.39 is 0 Å². The van der Waals surface area contributed by atoms with Gasteiger partial charge in [0, 0.05) is 18.3 Å². The summed E-state index contributed by atoms with van der Waals surface area (Å²) in [6.45, 7) is 0.890. The first-order valence-electron chi connectivity index (χ1n) is 5.09. The number of hydrogen-bond acceptors (Lipinski definition) is 4. The third kappa shape index (κ3) is 2.27. The van der Waals surface area contributed by atoms with E-state index in [0.717, 1.165) is 12.2 Å². The lowest BCUT2D eigenvalue weighted by atomic mass is 10.4. The largest absolute Gasteiger partial charge is 0.381 e. The van der Waals surface area contributed by atoms with Crippen molar-refractivity contribution in [3.8, 4) is 0 Å². The molecule has 0 bridgehead atoms. The molecule has 1 saturated carbocycles. The maximum atomic E-state index is 11.6. The van der Waals surface area contributed by atoms with E-state index in [1.54, 1.807) is 13.2 Å². The fraction of sp³-hybridized carbons (Fsp3) is 0.600.